The summed E-state index contributed by atoms with van der Waals surface area (Å²) in [5.74, 6) is 0. The maximum Gasteiger partial charge on any atom is 0.182 e. The summed E-state index contributed by atoms with van der Waals surface area (Å²) < 4.78 is 5.11. The van der Waals surface area contributed by atoms with Crippen LogP contribution in [-0.4, -0.2) is 31.1 Å². The molecular formula is C10H22O3Si. The number of hydrogen-bond donors (Lipinski definition) is 2. The Kier molecular flexibility index (Phi) is 6.27. The number of ether oxygens (including phenoxy) is 1. The molecule has 0 saturated carbocycles. The molecule has 2 N–H and O–H groups in total. The van der Waals surface area contributed by atoms with Gasteiger partial charge >= 0.3 is 0 Å². The third-order valence-electron chi connectivity index (χ3n) is 1.88. The first-order valence-electron chi connectivity index (χ1n) is 5.00. The maximum absolute atomic E-state index is 9.55. The van der Waals surface area contributed by atoms with E-state index in [2.05, 4.69) is 6.58 Å². The first-order valence-corrected chi connectivity index (χ1v) is 8.16. The molecule has 4 heteroatoms. The van der Waals surface area contributed by atoms with Gasteiger partial charge in [-0.05, 0) is 38.1 Å². The van der Waals surface area contributed by atoms with Crippen LogP contribution in [0.15, 0.2) is 12.2 Å². The van der Waals surface area contributed by atoms with Crippen LogP contribution in [0.1, 0.15) is 19.8 Å². The first kappa shape index (κ1) is 13.8. The van der Waals surface area contributed by atoms with Crippen molar-refractivity contribution in [2.45, 2.75) is 45.2 Å². The summed E-state index contributed by atoms with van der Waals surface area (Å²) in [5, 5.41) is 9.22. The SMILES string of the molecule is C=C(C)C(O)OCCCC[Si](C)(C)O. The lowest BCUT2D eigenvalue weighted by molar-refractivity contribution is -0.0725. The van der Waals surface area contributed by atoms with Gasteiger partial charge in [-0.25, -0.2) is 0 Å². The molecule has 0 bridgehead atoms. The predicted molar refractivity (Wildman–Crippen MR) is 60.5 cm³/mol. The van der Waals surface area contributed by atoms with Crippen LogP contribution in [-0.2, 0) is 4.74 Å². The Morgan fingerprint density at radius 3 is 2.43 bits per heavy atom. The fraction of sp³-hybridized carbons (Fsp3) is 0.800. The molecule has 0 aliphatic carbocycles. The summed E-state index contributed by atoms with van der Waals surface area (Å²) >= 11 is 0. The molecule has 0 aromatic carbocycles. The van der Waals surface area contributed by atoms with E-state index in [4.69, 9.17) is 4.74 Å². The molecule has 0 radical (unpaired) electrons. The van der Waals surface area contributed by atoms with Crippen molar-refractivity contribution in [3.05, 3.63) is 12.2 Å². The van der Waals surface area contributed by atoms with Gasteiger partial charge < -0.3 is 14.6 Å². The maximum atomic E-state index is 9.55. The number of aliphatic hydroxyl groups excluding tert-OH is 1. The quantitative estimate of drug-likeness (QED) is 0.297. The van der Waals surface area contributed by atoms with Gasteiger partial charge in [-0.1, -0.05) is 13.0 Å². The number of rotatable bonds is 7. The summed E-state index contributed by atoms with van der Waals surface area (Å²) in [4.78, 5) is 9.55. The van der Waals surface area contributed by atoms with E-state index in [1.807, 2.05) is 13.1 Å². The van der Waals surface area contributed by atoms with E-state index in [0.29, 0.717) is 12.2 Å². The predicted octanol–water partition coefficient (Wildman–Crippen LogP) is 1.88. The Morgan fingerprint density at radius 2 is 2.00 bits per heavy atom. The summed E-state index contributed by atoms with van der Waals surface area (Å²) in [6, 6.07) is 0.888. The zero-order valence-electron chi connectivity index (χ0n) is 9.42. The number of unbranched alkanes of at least 4 members (excludes halogenated alkanes) is 1. The lowest BCUT2D eigenvalue weighted by Crippen LogP contribution is -2.24. The Labute approximate surface area is 87.5 Å². The smallest absolute Gasteiger partial charge is 0.182 e. The molecule has 0 aromatic heterocycles. The molecule has 3 nitrogen and oxygen atoms in total. The van der Waals surface area contributed by atoms with Gasteiger partial charge in [0.15, 0.2) is 14.6 Å². The van der Waals surface area contributed by atoms with E-state index in [1.165, 1.54) is 0 Å². The Morgan fingerprint density at radius 1 is 1.43 bits per heavy atom. The lowest BCUT2D eigenvalue weighted by Gasteiger charge is -2.14. The van der Waals surface area contributed by atoms with Crippen molar-refractivity contribution in [1.82, 2.24) is 0 Å². The summed E-state index contributed by atoms with van der Waals surface area (Å²) in [7, 11) is -1.89. The Hall–Kier alpha value is -0.163. The summed E-state index contributed by atoms with van der Waals surface area (Å²) in [6.07, 6.45) is 0.995. The van der Waals surface area contributed by atoms with Gasteiger partial charge in [-0.3, -0.25) is 0 Å². The van der Waals surface area contributed by atoms with Crippen LogP contribution in [0.4, 0.5) is 0 Å². The minimum absolute atomic E-state index is 0.526. The van der Waals surface area contributed by atoms with Gasteiger partial charge in [-0.15, -0.1) is 0 Å². The van der Waals surface area contributed by atoms with Gasteiger partial charge in [0.1, 0.15) is 0 Å². The minimum atomic E-state index is -1.89. The molecule has 0 saturated heterocycles. The second-order valence-corrected chi connectivity index (χ2v) is 8.46. The second-order valence-electron chi connectivity index (χ2n) is 4.34. The molecule has 0 aliphatic heterocycles. The van der Waals surface area contributed by atoms with Crippen LogP contribution in [0.2, 0.25) is 19.1 Å². The molecule has 0 heterocycles. The number of aliphatic hydroxyl groups is 1. The van der Waals surface area contributed by atoms with E-state index < -0.39 is 14.6 Å². The van der Waals surface area contributed by atoms with Gasteiger partial charge in [-0.2, -0.15) is 0 Å². The van der Waals surface area contributed by atoms with E-state index >= 15 is 0 Å². The van der Waals surface area contributed by atoms with Crippen LogP contribution in [0.3, 0.4) is 0 Å². The monoisotopic (exact) mass is 218 g/mol. The molecule has 0 spiro atoms. The normalized spacial score (nSPS) is 14.1. The standard InChI is InChI=1S/C10H22O3Si/c1-9(2)10(11)13-7-5-6-8-14(3,4)12/h10-12H,1,5-8H2,2-4H3. The fourth-order valence-electron chi connectivity index (χ4n) is 0.997. The molecule has 0 amide bonds. The van der Waals surface area contributed by atoms with Crippen molar-refractivity contribution in [3.63, 3.8) is 0 Å². The molecular weight excluding hydrogens is 196 g/mol. The zero-order chi connectivity index (χ0) is 11.2. The molecule has 0 aliphatic rings. The van der Waals surface area contributed by atoms with Crippen molar-refractivity contribution >= 4 is 8.32 Å². The van der Waals surface area contributed by atoms with Crippen molar-refractivity contribution in [3.8, 4) is 0 Å². The molecule has 0 rings (SSSR count). The minimum Gasteiger partial charge on any atom is -0.432 e. The van der Waals surface area contributed by atoms with Crippen molar-refractivity contribution < 1.29 is 14.6 Å². The fourth-order valence-corrected chi connectivity index (χ4v) is 2.11. The van der Waals surface area contributed by atoms with Crippen molar-refractivity contribution in [2.24, 2.45) is 0 Å². The van der Waals surface area contributed by atoms with Gasteiger partial charge in [0.25, 0.3) is 0 Å². The second kappa shape index (κ2) is 6.34. The zero-order valence-corrected chi connectivity index (χ0v) is 10.4. The van der Waals surface area contributed by atoms with Gasteiger partial charge in [0, 0.05) is 0 Å². The largest absolute Gasteiger partial charge is 0.432 e. The van der Waals surface area contributed by atoms with Crippen molar-refractivity contribution in [1.29, 1.82) is 0 Å². The average Bonchev–Trinajstić information content (AvgIpc) is 2.01. The number of hydrogen-bond acceptors (Lipinski definition) is 3. The topological polar surface area (TPSA) is 49.7 Å². The average molecular weight is 218 g/mol. The molecule has 1 atom stereocenters. The summed E-state index contributed by atoms with van der Waals surface area (Å²) in [5.41, 5.74) is 0.627. The van der Waals surface area contributed by atoms with E-state index in [0.717, 1.165) is 18.9 Å². The van der Waals surface area contributed by atoms with Crippen LogP contribution in [0.5, 0.6) is 0 Å². The highest BCUT2D eigenvalue weighted by Crippen LogP contribution is 2.10. The van der Waals surface area contributed by atoms with E-state index in [1.54, 1.807) is 6.92 Å². The highest BCUT2D eigenvalue weighted by atomic mass is 28.4. The van der Waals surface area contributed by atoms with Gasteiger partial charge in [0.05, 0.1) is 6.61 Å². The van der Waals surface area contributed by atoms with E-state index in [9.17, 15) is 9.90 Å². The highest BCUT2D eigenvalue weighted by Gasteiger charge is 2.15. The molecule has 0 fully saturated rings. The van der Waals surface area contributed by atoms with Crippen molar-refractivity contribution in [2.75, 3.05) is 6.61 Å². The highest BCUT2D eigenvalue weighted by molar-refractivity contribution is 6.69. The van der Waals surface area contributed by atoms with Gasteiger partial charge in [0.2, 0.25) is 0 Å². The lowest BCUT2D eigenvalue weighted by atomic mass is 10.3. The molecule has 0 aromatic rings. The third kappa shape index (κ3) is 8.44. The Bertz CT molecular complexity index is 175. The molecule has 14 heavy (non-hydrogen) atoms. The van der Waals surface area contributed by atoms with E-state index in [-0.39, 0.29) is 0 Å². The van der Waals surface area contributed by atoms with Crippen LogP contribution >= 0.6 is 0 Å². The molecule has 84 valence electrons. The summed E-state index contributed by atoms with van der Waals surface area (Å²) in [6.45, 7) is 9.70. The third-order valence-corrected chi connectivity index (χ3v) is 3.46. The molecule has 1 unspecified atom stereocenters. The first-order chi connectivity index (χ1) is 6.33. The van der Waals surface area contributed by atoms with Crippen LogP contribution < -0.4 is 0 Å². The van der Waals surface area contributed by atoms with Crippen LogP contribution in [0.25, 0.3) is 0 Å². The Balaban J connectivity index is 3.35. The van der Waals surface area contributed by atoms with Crippen LogP contribution in [0, 0.1) is 0 Å².